The van der Waals surface area contributed by atoms with Crippen LogP contribution in [0.15, 0.2) is 18.2 Å². The molecule has 0 aliphatic heterocycles. The van der Waals surface area contributed by atoms with Gasteiger partial charge >= 0.3 is 6.03 Å². The molecule has 0 unspecified atom stereocenters. The molecule has 0 saturated carbocycles. The number of anilines is 1. The van der Waals surface area contributed by atoms with Gasteiger partial charge in [0.2, 0.25) is 0 Å². The highest BCUT2D eigenvalue weighted by Gasteiger charge is 2.06. The summed E-state index contributed by atoms with van der Waals surface area (Å²) in [4.78, 5) is 13.1. The summed E-state index contributed by atoms with van der Waals surface area (Å²) >= 11 is 0. The number of benzene rings is 1. The fraction of sp³-hybridized carbons (Fsp3) is 0.364. The molecular weight excluding hydrogens is 192 g/mol. The topological polar surface area (TPSA) is 52.6 Å². The minimum Gasteiger partial charge on any atom is -0.508 e. The first kappa shape index (κ1) is 11.4. The van der Waals surface area contributed by atoms with Crippen molar-refractivity contribution in [3.63, 3.8) is 0 Å². The number of hydrogen-bond acceptors (Lipinski definition) is 2. The van der Waals surface area contributed by atoms with Crippen molar-refractivity contribution < 1.29 is 9.90 Å². The maximum Gasteiger partial charge on any atom is 0.321 e. The predicted octanol–water partition coefficient (Wildman–Crippen LogP) is 2.18. The van der Waals surface area contributed by atoms with Gasteiger partial charge in [0, 0.05) is 19.3 Å². The molecule has 0 atom stereocenters. The third kappa shape index (κ3) is 2.87. The smallest absolute Gasteiger partial charge is 0.321 e. The lowest BCUT2D eigenvalue weighted by Gasteiger charge is -2.15. The van der Waals surface area contributed by atoms with Gasteiger partial charge in [-0.15, -0.1) is 0 Å². The summed E-state index contributed by atoms with van der Waals surface area (Å²) in [5.74, 6) is 0.233. The van der Waals surface area contributed by atoms with Gasteiger partial charge in [-0.3, -0.25) is 0 Å². The SMILES string of the molecule is CCN(C)C(=O)Nc1ccc(O)c(C)c1. The number of urea groups is 1. The van der Waals surface area contributed by atoms with E-state index in [1.54, 1.807) is 37.1 Å². The van der Waals surface area contributed by atoms with Gasteiger partial charge in [-0.2, -0.15) is 0 Å². The molecule has 0 aliphatic rings. The highest BCUT2D eigenvalue weighted by atomic mass is 16.3. The van der Waals surface area contributed by atoms with Crippen LogP contribution in [0.1, 0.15) is 12.5 Å². The van der Waals surface area contributed by atoms with Crippen LogP contribution >= 0.6 is 0 Å². The molecule has 0 aliphatic carbocycles. The number of carbonyl (C=O) groups is 1. The summed E-state index contributed by atoms with van der Waals surface area (Å²) in [6.45, 7) is 4.35. The van der Waals surface area contributed by atoms with Crippen molar-refractivity contribution in [1.29, 1.82) is 0 Å². The monoisotopic (exact) mass is 208 g/mol. The molecular formula is C11H16N2O2. The van der Waals surface area contributed by atoms with E-state index in [4.69, 9.17) is 0 Å². The van der Waals surface area contributed by atoms with E-state index >= 15 is 0 Å². The third-order valence-corrected chi connectivity index (χ3v) is 2.27. The Kier molecular flexibility index (Phi) is 3.55. The van der Waals surface area contributed by atoms with E-state index in [2.05, 4.69) is 5.32 Å². The summed E-state index contributed by atoms with van der Waals surface area (Å²) in [6.07, 6.45) is 0. The summed E-state index contributed by atoms with van der Waals surface area (Å²) in [5, 5.41) is 12.0. The Bertz CT molecular complexity index is 364. The van der Waals surface area contributed by atoms with Crippen LogP contribution in [0.25, 0.3) is 0 Å². The van der Waals surface area contributed by atoms with Crippen LogP contribution in [0.4, 0.5) is 10.5 Å². The molecule has 1 aromatic carbocycles. The summed E-state index contributed by atoms with van der Waals surface area (Å²) in [6, 6.07) is 4.82. The van der Waals surface area contributed by atoms with E-state index in [1.165, 1.54) is 0 Å². The lowest BCUT2D eigenvalue weighted by atomic mass is 10.2. The second-order valence-electron chi connectivity index (χ2n) is 3.45. The Balaban J connectivity index is 2.73. The van der Waals surface area contributed by atoms with Crippen LogP contribution in [0, 0.1) is 6.92 Å². The third-order valence-electron chi connectivity index (χ3n) is 2.27. The van der Waals surface area contributed by atoms with Gasteiger partial charge in [0.1, 0.15) is 5.75 Å². The van der Waals surface area contributed by atoms with Crippen molar-refractivity contribution in [3.8, 4) is 5.75 Å². The standard InChI is InChI=1S/C11H16N2O2/c1-4-13(3)11(15)12-9-5-6-10(14)8(2)7-9/h5-7,14H,4H2,1-3H3,(H,12,15). The Hall–Kier alpha value is -1.71. The largest absolute Gasteiger partial charge is 0.508 e. The maximum absolute atomic E-state index is 11.5. The second-order valence-corrected chi connectivity index (χ2v) is 3.45. The molecule has 1 aromatic rings. The Morgan fingerprint density at radius 3 is 2.73 bits per heavy atom. The summed E-state index contributed by atoms with van der Waals surface area (Å²) in [7, 11) is 1.72. The first-order chi connectivity index (χ1) is 7.04. The lowest BCUT2D eigenvalue weighted by Crippen LogP contribution is -2.30. The molecule has 4 nitrogen and oxygen atoms in total. The number of nitrogens with zero attached hydrogens (tertiary/aromatic N) is 1. The maximum atomic E-state index is 11.5. The number of rotatable bonds is 2. The first-order valence-electron chi connectivity index (χ1n) is 4.86. The van der Waals surface area contributed by atoms with E-state index in [-0.39, 0.29) is 11.8 Å². The minimum absolute atomic E-state index is 0.150. The highest BCUT2D eigenvalue weighted by molar-refractivity contribution is 5.89. The molecule has 0 fully saturated rings. The number of amides is 2. The second kappa shape index (κ2) is 4.68. The van der Waals surface area contributed by atoms with Crippen LogP contribution in [-0.4, -0.2) is 29.6 Å². The van der Waals surface area contributed by atoms with Gasteiger partial charge < -0.3 is 15.3 Å². The molecule has 0 saturated heterocycles. The van der Waals surface area contributed by atoms with Crippen molar-refractivity contribution in [2.24, 2.45) is 0 Å². The number of phenolic OH excluding ortho intramolecular Hbond substituents is 1. The molecule has 0 spiro atoms. The molecule has 4 heteroatoms. The van der Waals surface area contributed by atoms with E-state index in [1.807, 2.05) is 6.92 Å². The van der Waals surface area contributed by atoms with Crippen LogP contribution in [-0.2, 0) is 0 Å². The fourth-order valence-electron chi connectivity index (χ4n) is 1.10. The van der Waals surface area contributed by atoms with Gasteiger partial charge in [-0.05, 0) is 37.6 Å². The molecule has 2 amide bonds. The predicted molar refractivity (Wildman–Crippen MR) is 60.2 cm³/mol. The zero-order chi connectivity index (χ0) is 11.4. The molecule has 82 valence electrons. The molecule has 0 bridgehead atoms. The van der Waals surface area contributed by atoms with Gasteiger partial charge in [-0.25, -0.2) is 4.79 Å². The minimum atomic E-state index is -0.150. The van der Waals surface area contributed by atoms with Crippen molar-refractivity contribution in [2.75, 3.05) is 18.9 Å². The van der Waals surface area contributed by atoms with Gasteiger partial charge in [0.25, 0.3) is 0 Å². The average Bonchev–Trinajstić information content (AvgIpc) is 2.22. The van der Waals surface area contributed by atoms with Gasteiger partial charge in [0.05, 0.1) is 0 Å². The average molecular weight is 208 g/mol. The number of aromatic hydroxyl groups is 1. The van der Waals surface area contributed by atoms with Crippen molar-refractivity contribution in [1.82, 2.24) is 4.90 Å². The van der Waals surface area contributed by atoms with Crippen LogP contribution < -0.4 is 5.32 Å². The number of nitrogens with one attached hydrogen (secondary N) is 1. The Morgan fingerprint density at radius 2 is 2.20 bits per heavy atom. The zero-order valence-electron chi connectivity index (χ0n) is 9.24. The van der Waals surface area contributed by atoms with E-state index in [9.17, 15) is 9.90 Å². The summed E-state index contributed by atoms with van der Waals surface area (Å²) < 4.78 is 0. The summed E-state index contributed by atoms with van der Waals surface area (Å²) in [5.41, 5.74) is 1.43. The number of carbonyl (C=O) groups excluding carboxylic acids is 1. The number of phenols is 1. The van der Waals surface area contributed by atoms with Crippen molar-refractivity contribution in [3.05, 3.63) is 23.8 Å². The first-order valence-corrected chi connectivity index (χ1v) is 4.86. The van der Waals surface area contributed by atoms with Gasteiger partial charge in [-0.1, -0.05) is 0 Å². The number of aryl methyl sites for hydroxylation is 1. The van der Waals surface area contributed by atoms with Crippen molar-refractivity contribution in [2.45, 2.75) is 13.8 Å². The van der Waals surface area contributed by atoms with Crippen LogP contribution in [0.5, 0.6) is 5.75 Å². The Labute approximate surface area is 89.5 Å². The molecule has 0 radical (unpaired) electrons. The van der Waals surface area contributed by atoms with Gasteiger partial charge in [0.15, 0.2) is 0 Å². The quantitative estimate of drug-likeness (QED) is 0.732. The van der Waals surface area contributed by atoms with Crippen LogP contribution in [0.2, 0.25) is 0 Å². The van der Waals surface area contributed by atoms with Crippen molar-refractivity contribution >= 4 is 11.7 Å². The molecule has 0 aromatic heterocycles. The molecule has 2 N–H and O–H groups in total. The zero-order valence-corrected chi connectivity index (χ0v) is 9.24. The molecule has 0 heterocycles. The van der Waals surface area contributed by atoms with Crippen LogP contribution in [0.3, 0.4) is 0 Å². The Morgan fingerprint density at radius 1 is 1.53 bits per heavy atom. The molecule has 1 rings (SSSR count). The highest BCUT2D eigenvalue weighted by Crippen LogP contribution is 2.20. The number of hydrogen-bond donors (Lipinski definition) is 2. The molecule has 15 heavy (non-hydrogen) atoms. The normalized spacial score (nSPS) is 9.80. The van der Waals surface area contributed by atoms with E-state index in [0.717, 1.165) is 5.56 Å². The lowest BCUT2D eigenvalue weighted by molar-refractivity contribution is 0.224. The fourth-order valence-corrected chi connectivity index (χ4v) is 1.10. The van der Waals surface area contributed by atoms with E-state index in [0.29, 0.717) is 12.2 Å². The van der Waals surface area contributed by atoms with E-state index < -0.39 is 0 Å².